The maximum absolute atomic E-state index is 11.8. The predicted octanol–water partition coefficient (Wildman–Crippen LogP) is 2.27. The number of aromatic nitrogens is 3. The van der Waals surface area contributed by atoms with Crippen molar-refractivity contribution in [3.05, 3.63) is 59.4 Å². The number of pyridine rings is 1. The Hall–Kier alpha value is -3.55. The van der Waals surface area contributed by atoms with Gasteiger partial charge in [0.25, 0.3) is 5.91 Å². The minimum Gasteiger partial charge on any atom is -0.508 e. The first-order valence-corrected chi connectivity index (χ1v) is 7.62. The lowest BCUT2D eigenvalue weighted by Crippen LogP contribution is -2.15. The van der Waals surface area contributed by atoms with E-state index in [1.54, 1.807) is 30.5 Å². The van der Waals surface area contributed by atoms with Gasteiger partial charge in [-0.15, -0.1) is 0 Å². The Labute approximate surface area is 144 Å². The molecule has 1 aromatic carbocycles. The van der Waals surface area contributed by atoms with Gasteiger partial charge < -0.3 is 21.5 Å². The highest BCUT2D eigenvalue weighted by atomic mass is 16.3. The normalized spacial score (nSPS) is 10.4. The van der Waals surface area contributed by atoms with E-state index in [0.29, 0.717) is 23.9 Å². The molecule has 3 rings (SSSR count). The van der Waals surface area contributed by atoms with Crippen LogP contribution in [0, 0.1) is 6.92 Å². The Bertz CT molecular complexity index is 871. The number of nitrogens with two attached hydrogens (primary N) is 1. The molecule has 0 aliphatic carbocycles. The lowest BCUT2D eigenvalue weighted by molar-refractivity contribution is 0.100. The number of phenols is 1. The fourth-order valence-corrected chi connectivity index (χ4v) is 2.29. The number of benzene rings is 1. The monoisotopic (exact) mass is 338 g/mol. The van der Waals surface area contributed by atoms with Gasteiger partial charge in [0, 0.05) is 12.2 Å². The summed E-state index contributed by atoms with van der Waals surface area (Å²) in [7, 11) is 0. The van der Waals surface area contributed by atoms with E-state index in [9.17, 15) is 9.90 Å². The van der Waals surface area contributed by atoms with Gasteiger partial charge in [-0.2, -0.15) is 5.10 Å². The summed E-state index contributed by atoms with van der Waals surface area (Å²) in [4.78, 5) is 16.0. The maximum atomic E-state index is 11.8. The average Bonchev–Trinajstić information content (AvgIpc) is 2.99. The van der Waals surface area contributed by atoms with Gasteiger partial charge >= 0.3 is 0 Å². The lowest BCUT2D eigenvalue weighted by Gasteiger charge is -2.07. The Morgan fingerprint density at radius 1 is 1.24 bits per heavy atom. The number of nitrogens with zero attached hydrogens (tertiary/aromatic N) is 2. The Morgan fingerprint density at radius 2 is 2.00 bits per heavy atom. The molecule has 128 valence electrons. The first kappa shape index (κ1) is 16.3. The molecule has 0 bridgehead atoms. The first-order chi connectivity index (χ1) is 12.0. The molecule has 0 fully saturated rings. The smallest absolute Gasteiger partial charge is 0.256 e. The molecule has 8 nitrogen and oxygen atoms in total. The highest BCUT2D eigenvalue weighted by molar-refractivity contribution is 6.03. The molecule has 6 N–H and O–H groups in total. The molecular formula is C17H18N6O2. The van der Waals surface area contributed by atoms with E-state index in [4.69, 9.17) is 5.73 Å². The molecule has 2 heterocycles. The number of aryl methyl sites for hydroxylation is 1. The van der Waals surface area contributed by atoms with E-state index >= 15 is 0 Å². The number of anilines is 3. The van der Waals surface area contributed by atoms with E-state index in [-0.39, 0.29) is 11.3 Å². The first-order valence-electron chi connectivity index (χ1n) is 7.62. The summed E-state index contributed by atoms with van der Waals surface area (Å²) in [5.41, 5.74) is 8.26. The molecule has 2 aromatic heterocycles. The second-order valence-electron chi connectivity index (χ2n) is 5.52. The number of nitrogens with one attached hydrogen (secondary N) is 3. The van der Waals surface area contributed by atoms with E-state index in [1.165, 1.54) is 0 Å². The van der Waals surface area contributed by atoms with Crippen LogP contribution in [0.25, 0.3) is 0 Å². The largest absolute Gasteiger partial charge is 0.508 e. The molecular weight excluding hydrogens is 320 g/mol. The van der Waals surface area contributed by atoms with E-state index in [0.717, 1.165) is 11.3 Å². The highest BCUT2D eigenvalue weighted by Crippen LogP contribution is 2.24. The van der Waals surface area contributed by atoms with Crippen LogP contribution in [-0.2, 0) is 6.54 Å². The molecule has 0 aliphatic rings. The van der Waals surface area contributed by atoms with Crippen molar-refractivity contribution in [1.82, 2.24) is 15.2 Å². The standard InChI is InChI=1S/C17H18N6O2/c1-10-2-5-12(9-19-10)21-17-14(15(18)25)16(22-23-17)20-8-11-3-6-13(24)7-4-11/h2-7,9,24H,8H2,1H3,(H2,18,25)(H3,20,21,22,23). The summed E-state index contributed by atoms with van der Waals surface area (Å²) >= 11 is 0. The summed E-state index contributed by atoms with van der Waals surface area (Å²) in [5, 5.41) is 22.3. The van der Waals surface area contributed by atoms with Crippen LogP contribution in [0.3, 0.4) is 0 Å². The number of amides is 1. The van der Waals surface area contributed by atoms with Crippen LogP contribution >= 0.6 is 0 Å². The fraction of sp³-hybridized carbons (Fsp3) is 0.118. The summed E-state index contributed by atoms with van der Waals surface area (Å²) < 4.78 is 0. The zero-order valence-corrected chi connectivity index (χ0v) is 13.6. The van der Waals surface area contributed by atoms with Crippen LogP contribution in [0.5, 0.6) is 5.75 Å². The van der Waals surface area contributed by atoms with Gasteiger partial charge in [0.2, 0.25) is 0 Å². The fourth-order valence-electron chi connectivity index (χ4n) is 2.29. The number of aromatic amines is 1. The SMILES string of the molecule is Cc1ccc(Nc2[nH]nc(NCc3ccc(O)cc3)c2C(N)=O)cn1. The zero-order chi connectivity index (χ0) is 17.8. The summed E-state index contributed by atoms with van der Waals surface area (Å²) in [6.45, 7) is 2.32. The number of aromatic hydroxyl groups is 1. The van der Waals surface area contributed by atoms with E-state index in [2.05, 4.69) is 25.8 Å². The molecule has 1 amide bonds. The van der Waals surface area contributed by atoms with Crippen LogP contribution < -0.4 is 16.4 Å². The minimum absolute atomic E-state index is 0.194. The number of carbonyl (C=O) groups excluding carboxylic acids is 1. The van der Waals surface area contributed by atoms with Crippen molar-refractivity contribution in [3.8, 4) is 5.75 Å². The van der Waals surface area contributed by atoms with Crippen molar-refractivity contribution >= 4 is 23.2 Å². The molecule has 0 saturated carbocycles. The van der Waals surface area contributed by atoms with Crippen LogP contribution in [0.4, 0.5) is 17.3 Å². The molecule has 0 unspecified atom stereocenters. The van der Waals surface area contributed by atoms with Crippen molar-refractivity contribution < 1.29 is 9.90 Å². The molecule has 0 spiro atoms. The molecule has 0 radical (unpaired) electrons. The number of phenolic OH excluding ortho intramolecular Hbond substituents is 1. The van der Waals surface area contributed by atoms with Crippen LogP contribution in [0.1, 0.15) is 21.6 Å². The number of primary amides is 1. The summed E-state index contributed by atoms with van der Waals surface area (Å²) in [6, 6.07) is 10.4. The van der Waals surface area contributed by atoms with Crippen LogP contribution in [0.2, 0.25) is 0 Å². The van der Waals surface area contributed by atoms with Crippen LogP contribution in [0.15, 0.2) is 42.6 Å². The predicted molar refractivity (Wildman–Crippen MR) is 94.8 cm³/mol. The zero-order valence-electron chi connectivity index (χ0n) is 13.6. The molecule has 0 aliphatic heterocycles. The quantitative estimate of drug-likeness (QED) is 0.469. The third-order valence-corrected chi connectivity index (χ3v) is 3.59. The molecule has 0 saturated heterocycles. The third-order valence-electron chi connectivity index (χ3n) is 3.59. The summed E-state index contributed by atoms with van der Waals surface area (Å²) in [6.07, 6.45) is 1.66. The molecule has 25 heavy (non-hydrogen) atoms. The van der Waals surface area contributed by atoms with Gasteiger partial charge in [0.05, 0.1) is 11.9 Å². The van der Waals surface area contributed by atoms with E-state index in [1.807, 2.05) is 19.1 Å². The number of carbonyl (C=O) groups is 1. The van der Waals surface area contributed by atoms with E-state index < -0.39 is 5.91 Å². The second-order valence-corrected chi connectivity index (χ2v) is 5.52. The topological polar surface area (TPSA) is 129 Å². The maximum Gasteiger partial charge on any atom is 0.256 e. The molecule has 8 heteroatoms. The molecule has 3 aromatic rings. The third kappa shape index (κ3) is 3.86. The lowest BCUT2D eigenvalue weighted by atomic mass is 10.2. The van der Waals surface area contributed by atoms with Crippen molar-refractivity contribution in [1.29, 1.82) is 0 Å². The Kier molecular flexibility index (Phi) is 4.51. The number of rotatable bonds is 6. The highest BCUT2D eigenvalue weighted by Gasteiger charge is 2.18. The second kappa shape index (κ2) is 6.91. The number of hydrogen-bond donors (Lipinski definition) is 5. The number of H-pyrrole nitrogens is 1. The van der Waals surface area contributed by atoms with Gasteiger partial charge in [-0.1, -0.05) is 12.1 Å². The molecule has 0 atom stereocenters. The van der Waals surface area contributed by atoms with Crippen LogP contribution in [-0.4, -0.2) is 26.2 Å². The van der Waals surface area contributed by atoms with Gasteiger partial charge in [0.1, 0.15) is 17.1 Å². The van der Waals surface area contributed by atoms with Crippen molar-refractivity contribution in [2.45, 2.75) is 13.5 Å². The van der Waals surface area contributed by atoms with Gasteiger partial charge in [-0.05, 0) is 36.8 Å². The Morgan fingerprint density at radius 3 is 2.64 bits per heavy atom. The average molecular weight is 338 g/mol. The minimum atomic E-state index is -0.607. The van der Waals surface area contributed by atoms with Gasteiger partial charge in [-0.25, -0.2) is 0 Å². The van der Waals surface area contributed by atoms with Gasteiger partial charge in [0.15, 0.2) is 5.82 Å². The Balaban J connectivity index is 1.78. The summed E-state index contributed by atoms with van der Waals surface area (Å²) in [5.74, 6) is 0.332. The van der Waals surface area contributed by atoms with Crippen molar-refractivity contribution in [2.24, 2.45) is 5.73 Å². The van der Waals surface area contributed by atoms with Crippen molar-refractivity contribution in [2.75, 3.05) is 10.6 Å². The van der Waals surface area contributed by atoms with Crippen molar-refractivity contribution in [3.63, 3.8) is 0 Å². The number of hydrogen-bond acceptors (Lipinski definition) is 6. The van der Waals surface area contributed by atoms with Gasteiger partial charge in [-0.3, -0.25) is 14.9 Å².